The van der Waals surface area contributed by atoms with Crippen molar-refractivity contribution in [1.29, 1.82) is 0 Å². The number of nitrogens with zero attached hydrogens (tertiary/aromatic N) is 1. The molecule has 7 nitrogen and oxygen atoms in total. The summed E-state index contributed by atoms with van der Waals surface area (Å²) in [5.41, 5.74) is 1.50. The topological polar surface area (TPSA) is 108 Å². The van der Waals surface area contributed by atoms with Crippen LogP contribution < -0.4 is 10.0 Å². The number of aliphatic hydroxyl groups is 1. The fraction of sp³-hybridized carbons (Fsp3) is 0.333. The Labute approximate surface area is 211 Å². The Morgan fingerprint density at radius 3 is 2.17 bits per heavy atom. The first-order chi connectivity index (χ1) is 16.7. The van der Waals surface area contributed by atoms with Gasteiger partial charge in [-0.25, -0.2) is 22.3 Å². The highest BCUT2D eigenvalue weighted by Crippen LogP contribution is 2.35. The highest BCUT2D eigenvalue weighted by atomic mass is 32.2. The van der Waals surface area contributed by atoms with E-state index in [1.807, 2.05) is 18.6 Å². The molecular weight excluding hydrogens is 481 g/mol. The minimum atomic E-state index is -4.35. The van der Waals surface area contributed by atoms with Crippen LogP contribution in [0.15, 0.2) is 59.8 Å². The second kappa shape index (κ2) is 10.4. The van der Waals surface area contributed by atoms with E-state index in [1.54, 1.807) is 64.4 Å². The highest BCUT2D eigenvalue weighted by Gasteiger charge is 2.26. The molecule has 9 heteroatoms. The monoisotopic (exact) mass is 513 g/mol. The maximum atomic E-state index is 14.6. The first-order valence-electron chi connectivity index (χ1n) is 11.6. The number of rotatable bonds is 7. The van der Waals surface area contributed by atoms with E-state index in [-0.39, 0.29) is 22.4 Å². The molecule has 3 rings (SSSR count). The summed E-state index contributed by atoms with van der Waals surface area (Å²) in [7, 11) is -4.35. The van der Waals surface area contributed by atoms with E-state index in [0.717, 1.165) is 0 Å². The van der Waals surface area contributed by atoms with Crippen molar-refractivity contribution in [2.75, 3.05) is 5.32 Å². The Morgan fingerprint density at radius 1 is 0.972 bits per heavy atom. The van der Waals surface area contributed by atoms with Crippen molar-refractivity contribution in [2.45, 2.75) is 63.9 Å². The second-order valence-electron chi connectivity index (χ2n) is 9.84. The number of carbonyl (C=O) groups is 1. The molecule has 0 aliphatic carbocycles. The minimum Gasteiger partial charge on any atom is -0.386 e. The Kier molecular flexibility index (Phi) is 7.85. The first-order valence-corrected chi connectivity index (χ1v) is 13.1. The molecule has 0 bridgehead atoms. The summed E-state index contributed by atoms with van der Waals surface area (Å²) in [4.78, 5) is 16.7. The Balaban J connectivity index is 2.01. The molecule has 0 aliphatic heterocycles. The second-order valence-corrected chi connectivity index (χ2v) is 11.5. The van der Waals surface area contributed by atoms with E-state index in [4.69, 9.17) is 0 Å². The quantitative estimate of drug-likeness (QED) is 0.366. The number of amides is 2. The van der Waals surface area contributed by atoms with Gasteiger partial charge in [0, 0.05) is 18.0 Å². The molecule has 1 aromatic heterocycles. The predicted molar refractivity (Wildman–Crippen MR) is 139 cm³/mol. The van der Waals surface area contributed by atoms with Gasteiger partial charge in [0.05, 0.1) is 16.2 Å². The molecule has 0 unspecified atom stereocenters. The first kappa shape index (κ1) is 27.3. The third-order valence-electron chi connectivity index (χ3n) is 5.83. The van der Waals surface area contributed by atoms with Gasteiger partial charge < -0.3 is 10.4 Å². The summed E-state index contributed by atoms with van der Waals surface area (Å²) in [6, 6.07) is 9.78. The van der Waals surface area contributed by atoms with Crippen LogP contribution in [0, 0.1) is 5.82 Å². The molecular formula is C27H32FN3O4S. The van der Waals surface area contributed by atoms with Gasteiger partial charge in [-0.3, -0.25) is 4.98 Å². The molecule has 0 radical (unpaired) electrons. The van der Waals surface area contributed by atoms with E-state index in [0.29, 0.717) is 27.8 Å². The summed E-state index contributed by atoms with van der Waals surface area (Å²) in [5.74, 6) is -0.768. The SMILES string of the molecule is CC(C)c1ccc(F)c(C(C)C)c1NC(=O)NS(=O)(=O)c1cc(-c2ccncc2)cc(C(C)(C)O)c1. The lowest BCUT2D eigenvalue weighted by atomic mass is 9.92. The van der Waals surface area contributed by atoms with E-state index >= 15 is 0 Å². The normalized spacial score (nSPS) is 12.2. The van der Waals surface area contributed by atoms with E-state index < -0.39 is 27.5 Å². The zero-order valence-corrected chi connectivity index (χ0v) is 22.1. The number of anilines is 1. The van der Waals surface area contributed by atoms with Crippen LogP contribution in [-0.2, 0) is 15.6 Å². The van der Waals surface area contributed by atoms with E-state index in [2.05, 4.69) is 10.3 Å². The number of hydrogen-bond donors (Lipinski definition) is 3. The number of carbonyl (C=O) groups excluding carboxylic acids is 1. The Bertz CT molecular complexity index is 1370. The highest BCUT2D eigenvalue weighted by molar-refractivity contribution is 7.90. The van der Waals surface area contributed by atoms with Gasteiger partial charge in [-0.15, -0.1) is 0 Å². The molecule has 3 N–H and O–H groups in total. The third kappa shape index (κ3) is 6.09. The maximum absolute atomic E-state index is 14.6. The van der Waals surface area contributed by atoms with Gasteiger partial charge in [0.25, 0.3) is 10.0 Å². The van der Waals surface area contributed by atoms with Crippen LogP contribution in [-0.4, -0.2) is 24.5 Å². The lowest BCUT2D eigenvalue weighted by molar-refractivity contribution is 0.0784. The van der Waals surface area contributed by atoms with Crippen molar-refractivity contribution < 1.29 is 22.7 Å². The standard InChI is InChI=1S/C27H32FN3O4S/c1-16(2)22-7-8-23(28)24(17(3)4)25(22)30-26(32)31-36(34,35)21-14-19(18-9-11-29-12-10-18)13-20(15-21)27(5,6)33/h7-17,33H,1-6H3,(H2,30,31,32). The molecule has 3 aromatic rings. The van der Waals surface area contributed by atoms with Crippen molar-refractivity contribution in [3.8, 4) is 11.1 Å². The molecule has 0 fully saturated rings. The summed E-state index contributed by atoms with van der Waals surface area (Å²) in [6.45, 7) is 10.5. The Morgan fingerprint density at radius 2 is 1.61 bits per heavy atom. The van der Waals surface area contributed by atoms with Gasteiger partial charge >= 0.3 is 6.03 Å². The zero-order valence-electron chi connectivity index (χ0n) is 21.3. The van der Waals surface area contributed by atoms with Crippen LogP contribution in [0.1, 0.15) is 70.1 Å². The number of halogens is 1. The average molecular weight is 514 g/mol. The number of aromatic nitrogens is 1. The predicted octanol–water partition coefficient (Wildman–Crippen LogP) is 5.87. The molecule has 0 spiro atoms. The number of sulfonamides is 1. The van der Waals surface area contributed by atoms with Crippen LogP contribution >= 0.6 is 0 Å². The number of urea groups is 1. The van der Waals surface area contributed by atoms with Gasteiger partial charge in [0.15, 0.2) is 0 Å². The fourth-order valence-corrected chi connectivity index (χ4v) is 4.91. The molecule has 2 amide bonds. The molecule has 1 heterocycles. The number of benzene rings is 2. The van der Waals surface area contributed by atoms with E-state index in [1.165, 1.54) is 18.2 Å². The molecule has 192 valence electrons. The lowest BCUT2D eigenvalue weighted by Crippen LogP contribution is -2.35. The van der Waals surface area contributed by atoms with Crippen LogP contribution in [0.3, 0.4) is 0 Å². The molecule has 0 aliphatic rings. The zero-order chi connectivity index (χ0) is 26.8. The maximum Gasteiger partial charge on any atom is 0.333 e. The summed E-state index contributed by atoms with van der Waals surface area (Å²) in [5, 5.41) is 13.1. The van der Waals surface area contributed by atoms with Crippen molar-refractivity contribution in [3.05, 3.63) is 77.4 Å². The largest absolute Gasteiger partial charge is 0.386 e. The van der Waals surface area contributed by atoms with Crippen molar-refractivity contribution >= 4 is 21.7 Å². The fourth-order valence-electron chi connectivity index (χ4n) is 3.93. The smallest absolute Gasteiger partial charge is 0.333 e. The van der Waals surface area contributed by atoms with Crippen molar-refractivity contribution in [3.63, 3.8) is 0 Å². The van der Waals surface area contributed by atoms with Crippen molar-refractivity contribution in [2.24, 2.45) is 0 Å². The van der Waals surface area contributed by atoms with Gasteiger partial charge in [0.1, 0.15) is 5.82 Å². The van der Waals surface area contributed by atoms with Crippen LogP contribution in [0.25, 0.3) is 11.1 Å². The number of nitrogens with one attached hydrogen (secondary N) is 2. The third-order valence-corrected chi connectivity index (χ3v) is 7.14. The van der Waals surface area contributed by atoms with Gasteiger partial charge in [0.2, 0.25) is 0 Å². The van der Waals surface area contributed by atoms with Gasteiger partial charge in [-0.1, -0.05) is 33.8 Å². The van der Waals surface area contributed by atoms with Crippen LogP contribution in [0.4, 0.5) is 14.9 Å². The van der Waals surface area contributed by atoms with Crippen LogP contribution in [0.5, 0.6) is 0 Å². The number of hydrogen-bond acceptors (Lipinski definition) is 5. The Hall–Kier alpha value is -3.30. The minimum absolute atomic E-state index is 0.0404. The average Bonchev–Trinajstić information content (AvgIpc) is 2.78. The summed E-state index contributed by atoms with van der Waals surface area (Å²) < 4.78 is 43.2. The van der Waals surface area contributed by atoms with Gasteiger partial charge in [-0.2, -0.15) is 0 Å². The van der Waals surface area contributed by atoms with Crippen LogP contribution in [0.2, 0.25) is 0 Å². The van der Waals surface area contributed by atoms with Gasteiger partial charge in [-0.05, 0) is 84.3 Å². The molecule has 0 saturated heterocycles. The summed E-state index contributed by atoms with van der Waals surface area (Å²) >= 11 is 0. The molecule has 36 heavy (non-hydrogen) atoms. The molecule has 0 atom stereocenters. The molecule has 2 aromatic carbocycles. The molecule has 0 saturated carbocycles. The van der Waals surface area contributed by atoms with E-state index in [9.17, 15) is 22.7 Å². The summed E-state index contributed by atoms with van der Waals surface area (Å²) in [6.07, 6.45) is 3.15. The van der Waals surface area contributed by atoms with Crippen molar-refractivity contribution in [1.82, 2.24) is 9.71 Å². The number of pyridine rings is 1. The lowest BCUT2D eigenvalue weighted by Gasteiger charge is -2.22.